The van der Waals surface area contributed by atoms with Crippen LogP contribution in [0.15, 0.2) is 59.5 Å². The van der Waals surface area contributed by atoms with E-state index >= 15 is 0 Å². The predicted molar refractivity (Wildman–Crippen MR) is 101 cm³/mol. The summed E-state index contributed by atoms with van der Waals surface area (Å²) >= 11 is 0. The molecule has 1 unspecified atom stereocenters. The summed E-state index contributed by atoms with van der Waals surface area (Å²) in [5.74, 6) is -1.09. The van der Waals surface area contributed by atoms with Gasteiger partial charge in [-0.25, -0.2) is 8.78 Å². The van der Waals surface area contributed by atoms with Gasteiger partial charge in [0.1, 0.15) is 17.4 Å². The van der Waals surface area contributed by atoms with Gasteiger partial charge < -0.3 is 9.73 Å². The maximum absolute atomic E-state index is 13.7. The highest BCUT2D eigenvalue weighted by Gasteiger charge is 2.17. The summed E-state index contributed by atoms with van der Waals surface area (Å²) in [6.07, 6.45) is 1.72. The summed E-state index contributed by atoms with van der Waals surface area (Å²) in [5, 5.41) is 2.69. The molecule has 2 aromatic carbocycles. The molecular weight excluding hydrogens is 348 g/mol. The number of benzene rings is 2. The molecule has 1 heterocycles. The standard InChI is InChI=1S/C22H19F2NO2/c1-4-15-6-5-7-16(10-15)20-8-9-21(27-20)22(26)25-14(3)17-11-18(23)13(2)19(24)12-17/h4-12,14H,1H2,2-3H3,(H,25,26). The molecule has 0 saturated heterocycles. The average molecular weight is 367 g/mol. The molecule has 5 heteroatoms. The lowest BCUT2D eigenvalue weighted by Gasteiger charge is -2.14. The molecule has 1 amide bonds. The molecule has 0 aliphatic heterocycles. The fourth-order valence-electron chi connectivity index (χ4n) is 2.70. The average Bonchev–Trinajstić information content (AvgIpc) is 3.16. The van der Waals surface area contributed by atoms with Crippen molar-refractivity contribution in [2.75, 3.05) is 0 Å². The quantitative estimate of drug-likeness (QED) is 0.631. The third kappa shape index (κ3) is 3.97. The topological polar surface area (TPSA) is 42.2 Å². The highest BCUT2D eigenvalue weighted by atomic mass is 19.1. The van der Waals surface area contributed by atoms with Crippen molar-refractivity contribution in [3.05, 3.63) is 89.2 Å². The van der Waals surface area contributed by atoms with E-state index in [-0.39, 0.29) is 11.3 Å². The number of hydrogen-bond acceptors (Lipinski definition) is 2. The first kappa shape index (κ1) is 18.6. The fourth-order valence-corrected chi connectivity index (χ4v) is 2.70. The van der Waals surface area contributed by atoms with Crippen LogP contribution < -0.4 is 5.32 Å². The summed E-state index contributed by atoms with van der Waals surface area (Å²) in [6.45, 7) is 6.75. The van der Waals surface area contributed by atoms with Gasteiger partial charge in [0.2, 0.25) is 0 Å². The van der Waals surface area contributed by atoms with Crippen LogP contribution >= 0.6 is 0 Å². The van der Waals surface area contributed by atoms with Gasteiger partial charge in [0.05, 0.1) is 6.04 Å². The van der Waals surface area contributed by atoms with Crippen molar-refractivity contribution < 1.29 is 18.0 Å². The fraction of sp³-hybridized carbons (Fsp3) is 0.136. The van der Waals surface area contributed by atoms with Crippen molar-refractivity contribution in [1.82, 2.24) is 5.32 Å². The molecule has 0 spiro atoms. The molecule has 0 fully saturated rings. The number of amides is 1. The maximum Gasteiger partial charge on any atom is 0.287 e. The molecule has 0 saturated carbocycles. The Morgan fingerprint density at radius 1 is 1.15 bits per heavy atom. The van der Waals surface area contributed by atoms with E-state index in [0.29, 0.717) is 11.3 Å². The summed E-state index contributed by atoms with van der Waals surface area (Å²) in [7, 11) is 0. The maximum atomic E-state index is 13.7. The number of hydrogen-bond donors (Lipinski definition) is 1. The Bertz CT molecular complexity index is 984. The highest BCUT2D eigenvalue weighted by Crippen LogP contribution is 2.24. The molecule has 27 heavy (non-hydrogen) atoms. The first-order valence-electron chi connectivity index (χ1n) is 8.48. The molecule has 0 bridgehead atoms. The van der Waals surface area contributed by atoms with E-state index in [1.165, 1.54) is 19.1 Å². The lowest BCUT2D eigenvalue weighted by atomic mass is 10.1. The zero-order chi connectivity index (χ0) is 19.6. The minimum absolute atomic E-state index is 0.0466. The number of carbonyl (C=O) groups excluding carboxylic acids is 1. The molecule has 3 aromatic rings. The van der Waals surface area contributed by atoms with E-state index in [4.69, 9.17) is 4.42 Å². The van der Waals surface area contributed by atoms with Crippen LogP contribution in [0.3, 0.4) is 0 Å². The first-order chi connectivity index (χ1) is 12.9. The van der Waals surface area contributed by atoms with Crippen molar-refractivity contribution in [2.24, 2.45) is 0 Å². The Kier molecular flexibility index (Phi) is 5.21. The summed E-state index contributed by atoms with van der Waals surface area (Å²) in [5.41, 5.74) is 2.05. The van der Waals surface area contributed by atoms with E-state index in [1.807, 2.05) is 24.3 Å². The lowest BCUT2D eigenvalue weighted by molar-refractivity contribution is 0.0912. The molecule has 0 radical (unpaired) electrons. The summed E-state index contributed by atoms with van der Waals surface area (Å²) < 4.78 is 33.1. The molecule has 1 N–H and O–H groups in total. The van der Waals surface area contributed by atoms with E-state index < -0.39 is 23.6 Å². The highest BCUT2D eigenvalue weighted by molar-refractivity contribution is 5.92. The van der Waals surface area contributed by atoms with Crippen LogP contribution in [-0.2, 0) is 0 Å². The SMILES string of the molecule is C=Cc1cccc(-c2ccc(C(=O)NC(C)c3cc(F)c(C)c(F)c3)o2)c1. The van der Waals surface area contributed by atoms with Crippen molar-refractivity contribution in [3.63, 3.8) is 0 Å². The Labute approximate surface area is 156 Å². The van der Waals surface area contributed by atoms with Gasteiger partial charge in [-0.3, -0.25) is 4.79 Å². The monoisotopic (exact) mass is 367 g/mol. The molecule has 138 valence electrons. The van der Waals surface area contributed by atoms with Crippen LogP contribution in [0.4, 0.5) is 8.78 Å². The first-order valence-corrected chi connectivity index (χ1v) is 8.48. The largest absolute Gasteiger partial charge is 0.451 e. The van der Waals surface area contributed by atoms with Gasteiger partial charge in [-0.15, -0.1) is 0 Å². The van der Waals surface area contributed by atoms with Crippen molar-refractivity contribution >= 4 is 12.0 Å². The van der Waals surface area contributed by atoms with Crippen LogP contribution in [0.5, 0.6) is 0 Å². The molecule has 3 rings (SSSR count). The minimum atomic E-state index is -0.645. The zero-order valence-electron chi connectivity index (χ0n) is 15.1. The molecule has 1 atom stereocenters. The van der Waals surface area contributed by atoms with Crippen molar-refractivity contribution in [3.8, 4) is 11.3 Å². The lowest BCUT2D eigenvalue weighted by Crippen LogP contribution is -2.26. The third-order valence-corrected chi connectivity index (χ3v) is 4.39. The smallest absolute Gasteiger partial charge is 0.287 e. The Morgan fingerprint density at radius 2 is 1.85 bits per heavy atom. The Balaban J connectivity index is 1.77. The van der Waals surface area contributed by atoms with Crippen LogP contribution in [-0.4, -0.2) is 5.91 Å². The molecular formula is C22H19F2NO2. The molecule has 1 aromatic heterocycles. The minimum Gasteiger partial charge on any atom is -0.451 e. The second-order valence-electron chi connectivity index (χ2n) is 6.30. The second kappa shape index (κ2) is 7.58. The van der Waals surface area contributed by atoms with E-state index in [1.54, 1.807) is 25.1 Å². The van der Waals surface area contributed by atoms with Crippen LogP contribution in [0.2, 0.25) is 0 Å². The Hall–Kier alpha value is -3.21. The van der Waals surface area contributed by atoms with Gasteiger partial charge in [0.15, 0.2) is 5.76 Å². The van der Waals surface area contributed by atoms with Gasteiger partial charge in [-0.2, -0.15) is 0 Å². The summed E-state index contributed by atoms with van der Waals surface area (Å²) in [4.78, 5) is 12.4. The molecule has 0 aliphatic carbocycles. The van der Waals surface area contributed by atoms with Crippen molar-refractivity contribution in [1.29, 1.82) is 0 Å². The van der Waals surface area contributed by atoms with Crippen LogP contribution in [0.1, 0.15) is 40.2 Å². The van der Waals surface area contributed by atoms with Crippen LogP contribution in [0.25, 0.3) is 17.4 Å². The van der Waals surface area contributed by atoms with Gasteiger partial charge >= 0.3 is 0 Å². The third-order valence-electron chi connectivity index (χ3n) is 4.39. The number of carbonyl (C=O) groups is 1. The normalized spacial score (nSPS) is 11.9. The number of rotatable bonds is 5. The second-order valence-corrected chi connectivity index (χ2v) is 6.30. The number of halogens is 2. The van der Waals surface area contributed by atoms with E-state index in [0.717, 1.165) is 11.1 Å². The van der Waals surface area contributed by atoms with E-state index in [9.17, 15) is 13.6 Å². The van der Waals surface area contributed by atoms with Gasteiger partial charge in [0.25, 0.3) is 5.91 Å². The molecule has 0 aliphatic rings. The Morgan fingerprint density at radius 3 is 2.52 bits per heavy atom. The zero-order valence-corrected chi connectivity index (χ0v) is 15.1. The number of furan rings is 1. The van der Waals surface area contributed by atoms with Gasteiger partial charge in [-0.1, -0.05) is 30.9 Å². The van der Waals surface area contributed by atoms with Gasteiger partial charge in [0, 0.05) is 11.1 Å². The van der Waals surface area contributed by atoms with Crippen molar-refractivity contribution in [2.45, 2.75) is 19.9 Å². The van der Waals surface area contributed by atoms with E-state index in [2.05, 4.69) is 11.9 Å². The van der Waals surface area contributed by atoms with Gasteiger partial charge in [-0.05, 0) is 55.3 Å². The molecule has 3 nitrogen and oxygen atoms in total. The predicted octanol–water partition coefficient (Wildman–Crippen LogP) is 5.67. The van der Waals surface area contributed by atoms with Crippen LogP contribution in [0, 0.1) is 18.6 Å². The number of nitrogens with one attached hydrogen (secondary N) is 1. The summed E-state index contributed by atoms with van der Waals surface area (Å²) in [6, 6.07) is 12.7.